The van der Waals surface area contributed by atoms with Gasteiger partial charge in [-0.1, -0.05) is 66.2 Å². The standard InChI is InChI=1S/C33H45N3O6S/c1-9-18-36(29(38)26(21-43)35-31(40)42-33(6,7)8)27(24-17-13-14-22(2)19-24)28(37)34-25(30(39)41-32(3,4)5)20-23-15-11-10-12-16-23/h9-17,19,25-27,43H,1,18,20-21H2,2-8H3,(H,34,37)(H,35,40). The molecule has 0 aliphatic rings. The fourth-order valence-corrected chi connectivity index (χ4v) is 4.52. The first-order valence-corrected chi connectivity index (χ1v) is 14.8. The number of carbonyl (C=O) groups is 4. The monoisotopic (exact) mass is 611 g/mol. The molecule has 0 saturated heterocycles. The molecular weight excluding hydrogens is 566 g/mol. The highest BCUT2D eigenvalue weighted by atomic mass is 32.1. The lowest BCUT2D eigenvalue weighted by atomic mass is 9.99. The lowest BCUT2D eigenvalue weighted by Crippen LogP contribution is -2.55. The van der Waals surface area contributed by atoms with Crippen LogP contribution in [0.2, 0.25) is 0 Å². The summed E-state index contributed by atoms with van der Waals surface area (Å²) in [7, 11) is 0. The molecule has 2 aromatic carbocycles. The minimum absolute atomic E-state index is 0.0269. The Bertz CT molecular complexity index is 1270. The fraction of sp³-hybridized carbons (Fsp3) is 0.455. The van der Waals surface area contributed by atoms with Crippen molar-refractivity contribution in [2.24, 2.45) is 0 Å². The maximum Gasteiger partial charge on any atom is 0.408 e. The van der Waals surface area contributed by atoms with E-state index < -0.39 is 53.2 Å². The number of esters is 1. The molecule has 2 aromatic rings. The van der Waals surface area contributed by atoms with Crippen molar-refractivity contribution in [3.8, 4) is 0 Å². The number of hydrogen-bond acceptors (Lipinski definition) is 7. The molecule has 3 atom stereocenters. The highest BCUT2D eigenvalue weighted by Gasteiger charge is 2.37. The number of hydrogen-bond donors (Lipinski definition) is 3. The summed E-state index contributed by atoms with van der Waals surface area (Å²) in [6, 6.07) is 13.1. The van der Waals surface area contributed by atoms with Gasteiger partial charge in [-0.3, -0.25) is 9.59 Å². The number of carbonyl (C=O) groups excluding carboxylic acids is 4. The van der Waals surface area contributed by atoms with Gasteiger partial charge < -0.3 is 25.0 Å². The molecule has 0 bridgehead atoms. The van der Waals surface area contributed by atoms with Crippen LogP contribution >= 0.6 is 12.6 Å². The molecule has 0 radical (unpaired) electrons. The van der Waals surface area contributed by atoms with Crippen LogP contribution in [0.3, 0.4) is 0 Å². The summed E-state index contributed by atoms with van der Waals surface area (Å²) in [5, 5.41) is 5.42. The van der Waals surface area contributed by atoms with E-state index >= 15 is 0 Å². The summed E-state index contributed by atoms with van der Waals surface area (Å²) in [6.45, 7) is 16.0. The van der Waals surface area contributed by atoms with Gasteiger partial charge in [-0.15, -0.1) is 6.58 Å². The van der Waals surface area contributed by atoms with Gasteiger partial charge in [0.05, 0.1) is 0 Å². The average Bonchev–Trinajstić information content (AvgIpc) is 2.89. The van der Waals surface area contributed by atoms with Crippen molar-refractivity contribution < 1.29 is 28.7 Å². The third-order valence-electron chi connectivity index (χ3n) is 5.99. The van der Waals surface area contributed by atoms with Gasteiger partial charge in [0, 0.05) is 18.7 Å². The number of rotatable bonds is 12. The van der Waals surface area contributed by atoms with Crippen LogP contribution in [0.5, 0.6) is 0 Å². The molecule has 2 rings (SSSR count). The Morgan fingerprint density at radius 3 is 2.07 bits per heavy atom. The summed E-state index contributed by atoms with van der Waals surface area (Å²) in [4.78, 5) is 55.3. The maximum atomic E-state index is 14.2. The molecule has 43 heavy (non-hydrogen) atoms. The quantitative estimate of drug-likeness (QED) is 0.178. The fourth-order valence-electron chi connectivity index (χ4n) is 4.28. The van der Waals surface area contributed by atoms with Gasteiger partial charge in [0.1, 0.15) is 29.3 Å². The summed E-state index contributed by atoms with van der Waals surface area (Å²) in [5.41, 5.74) is 0.637. The van der Waals surface area contributed by atoms with Gasteiger partial charge in [-0.25, -0.2) is 9.59 Å². The summed E-state index contributed by atoms with van der Waals surface area (Å²) >= 11 is 4.30. The van der Waals surface area contributed by atoms with Crippen molar-refractivity contribution in [1.29, 1.82) is 0 Å². The number of nitrogens with zero attached hydrogens (tertiary/aromatic N) is 1. The number of nitrogens with one attached hydrogen (secondary N) is 2. The summed E-state index contributed by atoms with van der Waals surface area (Å²) in [5.74, 6) is -1.82. The molecule has 0 aliphatic carbocycles. The van der Waals surface area contributed by atoms with Crippen molar-refractivity contribution in [1.82, 2.24) is 15.5 Å². The Balaban J connectivity index is 2.52. The van der Waals surface area contributed by atoms with Gasteiger partial charge in [-0.2, -0.15) is 12.6 Å². The molecule has 0 aliphatic heterocycles. The van der Waals surface area contributed by atoms with E-state index in [4.69, 9.17) is 9.47 Å². The predicted octanol–water partition coefficient (Wildman–Crippen LogP) is 4.94. The van der Waals surface area contributed by atoms with Crippen LogP contribution in [0.15, 0.2) is 67.3 Å². The second-order valence-corrected chi connectivity index (χ2v) is 12.6. The number of amides is 3. The zero-order valence-electron chi connectivity index (χ0n) is 26.2. The first-order valence-electron chi connectivity index (χ1n) is 14.2. The Hall–Kier alpha value is -3.79. The Morgan fingerprint density at radius 2 is 1.53 bits per heavy atom. The molecule has 0 heterocycles. The van der Waals surface area contributed by atoms with E-state index in [0.717, 1.165) is 11.1 Å². The van der Waals surface area contributed by atoms with Crippen LogP contribution in [-0.2, 0) is 30.3 Å². The maximum absolute atomic E-state index is 14.2. The molecule has 3 unspecified atom stereocenters. The number of thiol groups is 1. The van der Waals surface area contributed by atoms with Crippen molar-refractivity contribution in [2.75, 3.05) is 12.3 Å². The highest BCUT2D eigenvalue weighted by Crippen LogP contribution is 2.25. The van der Waals surface area contributed by atoms with Crippen LogP contribution in [0.1, 0.15) is 64.3 Å². The van der Waals surface area contributed by atoms with Crippen LogP contribution in [0.25, 0.3) is 0 Å². The first kappa shape index (κ1) is 35.4. The van der Waals surface area contributed by atoms with Crippen LogP contribution in [0, 0.1) is 6.92 Å². The number of alkyl carbamates (subject to hydrolysis) is 1. The Labute approximate surface area is 260 Å². The van der Waals surface area contributed by atoms with Gasteiger partial charge >= 0.3 is 12.1 Å². The van der Waals surface area contributed by atoms with E-state index in [2.05, 4.69) is 29.8 Å². The molecule has 0 spiro atoms. The van der Waals surface area contributed by atoms with Gasteiger partial charge in [0.15, 0.2) is 0 Å². The molecule has 0 aromatic heterocycles. The SMILES string of the molecule is C=CCN(C(=O)C(CS)NC(=O)OC(C)(C)C)C(C(=O)NC(Cc1ccccc1)C(=O)OC(C)(C)C)c1cccc(C)c1. The third-order valence-corrected chi connectivity index (χ3v) is 6.35. The van der Waals surface area contributed by atoms with E-state index in [1.165, 1.54) is 11.0 Å². The van der Waals surface area contributed by atoms with E-state index in [-0.39, 0.29) is 18.7 Å². The predicted molar refractivity (Wildman–Crippen MR) is 171 cm³/mol. The van der Waals surface area contributed by atoms with E-state index in [0.29, 0.717) is 5.56 Å². The van der Waals surface area contributed by atoms with Crippen LogP contribution in [-0.4, -0.2) is 64.4 Å². The minimum atomic E-state index is -1.17. The third kappa shape index (κ3) is 11.8. The van der Waals surface area contributed by atoms with Gasteiger partial charge in [0.25, 0.3) is 0 Å². The van der Waals surface area contributed by atoms with Crippen molar-refractivity contribution >= 4 is 36.5 Å². The molecule has 3 amide bonds. The zero-order chi connectivity index (χ0) is 32.4. The molecule has 2 N–H and O–H groups in total. The zero-order valence-corrected chi connectivity index (χ0v) is 27.1. The van der Waals surface area contributed by atoms with Crippen LogP contribution in [0.4, 0.5) is 4.79 Å². The topological polar surface area (TPSA) is 114 Å². The van der Waals surface area contributed by atoms with E-state index in [1.54, 1.807) is 59.7 Å². The van der Waals surface area contributed by atoms with Crippen molar-refractivity contribution in [2.45, 2.75) is 84.2 Å². The molecule has 234 valence electrons. The molecule has 0 fully saturated rings. The normalized spacial score (nSPS) is 13.6. The molecule has 0 saturated carbocycles. The van der Waals surface area contributed by atoms with Crippen molar-refractivity contribution in [3.05, 3.63) is 83.9 Å². The van der Waals surface area contributed by atoms with Gasteiger partial charge in [-0.05, 0) is 59.6 Å². The Kier molecular flexibility index (Phi) is 12.9. The lowest BCUT2D eigenvalue weighted by molar-refractivity contribution is -0.159. The minimum Gasteiger partial charge on any atom is -0.458 e. The number of benzene rings is 2. The van der Waals surface area contributed by atoms with E-state index in [1.807, 2.05) is 43.3 Å². The molecular formula is C33H45N3O6S. The molecule has 9 nitrogen and oxygen atoms in total. The smallest absolute Gasteiger partial charge is 0.408 e. The number of aryl methyl sites for hydroxylation is 1. The number of ether oxygens (including phenoxy) is 2. The first-order chi connectivity index (χ1) is 20.0. The average molecular weight is 612 g/mol. The largest absolute Gasteiger partial charge is 0.458 e. The highest BCUT2D eigenvalue weighted by molar-refractivity contribution is 7.80. The van der Waals surface area contributed by atoms with E-state index in [9.17, 15) is 19.2 Å². The second-order valence-electron chi connectivity index (χ2n) is 12.3. The van der Waals surface area contributed by atoms with Crippen molar-refractivity contribution in [3.63, 3.8) is 0 Å². The summed E-state index contributed by atoms with van der Waals surface area (Å²) < 4.78 is 11.0. The summed E-state index contributed by atoms with van der Waals surface area (Å²) in [6.07, 6.45) is 0.881. The second kappa shape index (κ2) is 15.6. The Morgan fingerprint density at radius 1 is 0.907 bits per heavy atom. The molecule has 10 heteroatoms. The van der Waals surface area contributed by atoms with Crippen LogP contribution < -0.4 is 10.6 Å². The lowest BCUT2D eigenvalue weighted by Gasteiger charge is -2.34. The van der Waals surface area contributed by atoms with Gasteiger partial charge in [0.2, 0.25) is 11.8 Å².